The van der Waals surface area contributed by atoms with E-state index >= 15 is 0 Å². The van der Waals surface area contributed by atoms with E-state index in [4.69, 9.17) is 5.73 Å². The van der Waals surface area contributed by atoms with Crippen molar-refractivity contribution in [2.24, 2.45) is 5.73 Å². The Morgan fingerprint density at radius 3 is 2.71 bits per heavy atom. The molecular weight excluding hydrogens is 228 g/mol. The zero-order valence-electron chi connectivity index (χ0n) is 10.1. The zero-order chi connectivity index (χ0) is 12.3. The second-order valence-electron chi connectivity index (χ2n) is 4.04. The molecule has 0 amide bonds. The molecule has 0 atom stereocenters. The maximum Gasteiger partial charge on any atom is 0.106 e. The van der Waals surface area contributed by atoms with Gasteiger partial charge in [0.05, 0.1) is 0 Å². The number of nitrogens with two attached hydrogens (primary N) is 1. The van der Waals surface area contributed by atoms with Gasteiger partial charge in [-0.05, 0) is 37.6 Å². The van der Waals surface area contributed by atoms with Gasteiger partial charge >= 0.3 is 0 Å². The highest BCUT2D eigenvalue weighted by Gasteiger charge is 2.05. The average molecular weight is 244 g/mol. The molecule has 3 heteroatoms. The predicted molar refractivity (Wildman–Crippen MR) is 72.2 cm³/mol. The summed E-state index contributed by atoms with van der Waals surface area (Å²) in [5.41, 5.74) is 9.12. The van der Waals surface area contributed by atoms with E-state index in [2.05, 4.69) is 42.2 Å². The topological polar surface area (TPSA) is 38.9 Å². The molecule has 0 unspecified atom stereocenters. The lowest BCUT2D eigenvalue weighted by Crippen LogP contribution is -2.00. The highest BCUT2D eigenvalue weighted by atomic mass is 32.2. The van der Waals surface area contributed by atoms with Gasteiger partial charge in [-0.1, -0.05) is 35.5 Å². The van der Waals surface area contributed by atoms with Gasteiger partial charge in [0.25, 0.3) is 0 Å². The van der Waals surface area contributed by atoms with Crippen molar-refractivity contribution >= 4 is 11.8 Å². The van der Waals surface area contributed by atoms with Gasteiger partial charge in [0.15, 0.2) is 0 Å². The molecule has 2 aromatic rings. The number of aromatic nitrogens is 1. The fourth-order valence-electron chi connectivity index (χ4n) is 1.60. The van der Waals surface area contributed by atoms with Crippen molar-refractivity contribution in [3.8, 4) is 0 Å². The molecule has 2 N–H and O–H groups in total. The number of hydrogen-bond donors (Lipinski definition) is 1. The molecule has 1 aromatic heterocycles. The first kappa shape index (κ1) is 12.1. The lowest BCUT2D eigenvalue weighted by Gasteiger charge is -2.07. The Kier molecular flexibility index (Phi) is 3.82. The van der Waals surface area contributed by atoms with Crippen LogP contribution in [-0.2, 0) is 6.54 Å². The molecule has 88 valence electrons. The minimum atomic E-state index is 0.529. The summed E-state index contributed by atoms with van der Waals surface area (Å²) >= 11 is 1.68. The maximum atomic E-state index is 5.73. The van der Waals surface area contributed by atoms with Crippen molar-refractivity contribution in [3.63, 3.8) is 0 Å². The molecule has 0 aliphatic rings. The summed E-state index contributed by atoms with van der Waals surface area (Å²) in [7, 11) is 0. The van der Waals surface area contributed by atoms with Crippen LogP contribution >= 0.6 is 11.8 Å². The zero-order valence-corrected chi connectivity index (χ0v) is 10.9. The van der Waals surface area contributed by atoms with E-state index in [-0.39, 0.29) is 0 Å². The first-order valence-electron chi connectivity index (χ1n) is 5.60. The molecule has 0 saturated carbocycles. The van der Waals surface area contributed by atoms with E-state index < -0.39 is 0 Å². The lowest BCUT2D eigenvalue weighted by molar-refractivity contribution is 0.941. The van der Waals surface area contributed by atoms with Gasteiger partial charge in [-0.15, -0.1) is 0 Å². The number of hydrogen-bond acceptors (Lipinski definition) is 3. The van der Waals surface area contributed by atoms with Gasteiger partial charge < -0.3 is 5.73 Å². The van der Waals surface area contributed by atoms with Gasteiger partial charge in [-0.25, -0.2) is 4.98 Å². The molecule has 2 rings (SSSR count). The average Bonchev–Trinajstić information content (AvgIpc) is 2.29. The smallest absolute Gasteiger partial charge is 0.106 e. The quantitative estimate of drug-likeness (QED) is 0.900. The van der Waals surface area contributed by atoms with Crippen molar-refractivity contribution in [3.05, 3.63) is 53.2 Å². The molecule has 0 saturated heterocycles. The van der Waals surface area contributed by atoms with Crippen LogP contribution in [0, 0.1) is 13.8 Å². The van der Waals surface area contributed by atoms with Gasteiger partial charge in [0, 0.05) is 17.1 Å². The van der Waals surface area contributed by atoms with E-state index in [9.17, 15) is 0 Å². The van der Waals surface area contributed by atoms with Crippen LogP contribution in [0.25, 0.3) is 0 Å². The van der Waals surface area contributed by atoms with Gasteiger partial charge in [0.2, 0.25) is 0 Å². The van der Waals surface area contributed by atoms with Crippen molar-refractivity contribution in [2.75, 3.05) is 0 Å². The lowest BCUT2D eigenvalue weighted by atomic mass is 10.2. The maximum absolute atomic E-state index is 5.73. The first-order chi connectivity index (χ1) is 8.19. The summed E-state index contributed by atoms with van der Waals surface area (Å²) in [6.07, 6.45) is 0. The normalized spacial score (nSPS) is 10.5. The number of rotatable bonds is 3. The number of aryl methyl sites for hydroxylation is 2. The summed E-state index contributed by atoms with van der Waals surface area (Å²) in [5, 5.41) is 1.01. The van der Waals surface area contributed by atoms with Crippen LogP contribution in [0.3, 0.4) is 0 Å². The largest absolute Gasteiger partial charge is 0.326 e. The van der Waals surface area contributed by atoms with E-state index in [1.165, 1.54) is 10.5 Å². The number of nitrogens with zero attached hydrogens (tertiary/aromatic N) is 1. The highest BCUT2D eigenvalue weighted by Crippen LogP contribution is 2.29. The van der Waals surface area contributed by atoms with Crippen molar-refractivity contribution in [1.29, 1.82) is 0 Å². The summed E-state index contributed by atoms with van der Waals surface area (Å²) in [6, 6.07) is 12.5. The summed E-state index contributed by atoms with van der Waals surface area (Å²) in [4.78, 5) is 5.76. The Morgan fingerprint density at radius 1 is 1.18 bits per heavy atom. The van der Waals surface area contributed by atoms with Crippen LogP contribution < -0.4 is 5.73 Å². The van der Waals surface area contributed by atoms with Gasteiger partial charge in [0.1, 0.15) is 5.03 Å². The Balaban J connectivity index is 2.32. The Hall–Kier alpha value is -1.32. The van der Waals surface area contributed by atoms with Crippen molar-refractivity contribution < 1.29 is 0 Å². The van der Waals surface area contributed by atoms with E-state index in [0.717, 1.165) is 16.3 Å². The third-order valence-corrected chi connectivity index (χ3v) is 3.54. The van der Waals surface area contributed by atoms with Crippen molar-refractivity contribution in [2.45, 2.75) is 30.3 Å². The molecule has 1 heterocycles. The van der Waals surface area contributed by atoms with Crippen LogP contribution in [0.5, 0.6) is 0 Å². The van der Waals surface area contributed by atoms with E-state index in [1.807, 2.05) is 13.0 Å². The van der Waals surface area contributed by atoms with E-state index in [1.54, 1.807) is 11.8 Å². The molecule has 2 nitrogen and oxygen atoms in total. The summed E-state index contributed by atoms with van der Waals surface area (Å²) < 4.78 is 0. The third kappa shape index (κ3) is 3.08. The van der Waals surface area contributed by atoms with Crippen LogP contribution in [0.15, 0.2) is 46.3 Å². The predicted octanol–water partition coefficient (Wildman–Crippen LogP) is 3.31. The van der Waals surface area contributed by atoms with Gasteiger partial charge in [-0.3, -0.25) is 0 Å². The molecule has 0 radical (unpaired) electrons. The van der Waals surface area contributed by atoms with Crippen LogP contribution in [0.1, 0.15) is 16.8 Å². The molecular formula is C14H16N2S. The Morgan fingerprint density at radius 2 is 2.00 bits per heavy atom. The third-order valence-electron chi connectivity index (χ3n) is 2.50. The molecule has 1 aromatic carbocycles. The number of pyridine rings is 1. The molecule has 0 aliphatic carbocycles. The fraction of sp³-hybridized carbons (Fsp3) is 0.214. The summed E-state index contributed by atoms with van der Waals surface area (Å²) in [5.74, 6) is 0. The van der Waals surface area contributed by atoms with Crippen LogP contribution in [-0.4, -0.2) is 4.98 Å². The second-order valence-corrected chi connectivity index (χ2v) is 5.10. The minimum Gasteiger partial charge on any atom is -0.326 e. The highest BCUT2D eigenvalue weighted by molar-refractivity contribution is 7.99. The van der Waals surface area contributed by atoms with E-state index in [0.29, 0.717) is 6.54 Å². The second kappa shape index (κ2) is 5.34. The SMILES string of the molecule is Cc1cccc(Sc2nc(C)ccc2CN)c1. The van der Waals surface area contributed by atoms with Crippen LogP contribution in [0.4, 0.5) is 0 Å². The molecule has 0 spiro atoms. The Bertz CT molecular complexity index is 523. The molecule has 0 fully saturated rings. The van der Waals surface area contributed by atoms with Crippen LogP contribution in [0.2, 0.25) is 0 Å². The standard InChI is InChI=1S/C14H16N2S/c1-10-4-3-5-13(8-10)17-14-12(9-15)7-6-11(2)16-14/h3-8H,9,15H2,1-2H3. The van der Waals surface area contributed by atoms with Crippen molar-refractivity contribution in [1.82, 2.24) is 4.98 Å². The molecule has 0 bridgehead atoms. The molecule has 17 heavy (non-hydrogen) atoms. The summed E-state index contributed by atoms with van der Waals surface area (Å²) in [6.45, 7) is 4.62. The monoisotopic (exact) mass is 244 g/mol. The first-order valence-corrected chi connectivity index (χ1v) is 6.42. The minimum absolute atomic E-state index is 0.529. The fourth-order valence-corrected chi connectivity index (χ4v) is 2.68. The van der Waals surface area contributed by atoms with Gasteiger partial charge in [-0.2, -0.15) is 0 Å². The molecule has 0 aliphatic heterocycles. The number of benzene rings is 1. The Labute approximate surface area is 106 Å².